The Bertz CT molecular complexity index is 427. The monoisotopic (exact) mass is 347 g/mol. The minimum absolute atomic E-state index is 0.151. The van der Waals surface area contributed by atoms with Crippen LogP contribution in [-0.2, 0) is 9.47 Å². The van der Waals surface area contributed by atoms with Crippen LogP contribution in [0.25, 0.3) is 0 Å². The molecular weight excluding hydrogens is 329 g/mol. The fraction of sp³-hybridized carbons (Fsp3) is 0.571. The van der Waals surface area contributed by atoms with Crippen LogP contribution in [0.4, 0.5) is 10.1 Å². The molecule has 1 heterocycles. The number of anilines is 1. The number of hydrogen-bond donors (Lipinski definition) is 2. The van der Waals surface area contributed by atoms with Gasteiger partial charge in [0.2, 0.25) is 0 Å². The summed E-state index contributed by atoms with van der Waals surface area (Å²) in [6.45, 7) is 1.74. The molecule has 2 N–H and O–H groups in total. The molecule has 1 fully saturated rings. The topological polar surface area (TPSA) is 50.7 Å². The highest BCUT2D eigenvalue weighted by molar-refractivity contribution is 9.10. The molecule has 20 heavy (non-hydrogen) atoms. The van der Waals surface area contributed by atoms with Crippen molar-refractivity contribution in [3.05, 3.63) is 28.5 Å². The lowest BCUT2D eigenvalue weighted by Crippen LogP contribution is -2.27. The van der Waals surface area contributed by atoms with Gasteiger partial charge in [0, 0.05) is 17.6 Å². The molecule has 0 radical (unpaired) electrons. The van der Waals surface area contributed by atoms with Gasteiger partial charge in [-0.15, -0.1) is 0 Å². The third kappa shape index (κ3) is 5.01. The molecule has 4 nitrogen and oxygen atoms in total. The van der Waals surface area contributed by atoms with E-state index in [-0.39, 0.29) is 25.1 Å². The van der Waals surface area contributed by atoms with Gasteiger partial charge in [-0.25, -0.2) is 4.39 Å². The van der Waals surface area contributed by atoms with E-state index in [2.05, 4.69) is 21.2 Å². The largest absolute Gasteiger partial charge is 0.389 e. The Morgan fingerprint density at radius 1 is 1.55 bits per heavy atom. The molecule has 0 saturated carbocycles. The van der Waals surface area contributed by atoms with Crippen molar-refractivity contribution in [2.75, 3.05) is 31.7 Å². The molecule has 112 valence electrons. The van der Waals surface area contributed by atoms with Crippen LogP contribution in [0.1, 0.15) is 12.8 Å². The molecule has 6 heteroatoms. The average Bonchev–Trinajstić information content (AvgIpc) is 2.93. The van der Waals surface area contributed by atoms with Crippen LogP contribution in [-0.4, -0.2) is 43.7 Å². The molecule has 0 aliphatic carbocycles. The lowest BCUT2D eigenvalue weighted by molar-refractivity contribution is -0.0137. The SMILES string of the molecule is OC(CNc1cc(Br)ccc1F)COCC1CCCO1. The molecule has 0 spiro atoms. The maximum atomic E-state index is 13.5. The summed E-state index contributed by atoms with van der Waals surface area (Å²) in [5.41, 5.74) is 0.359. The van der Waals surface area contributed by atoms with Gasteiger partial charge in [0.05, 0.1) is 31.1 Å². The third-order valence-corrected chi connectivity index (χ3v) is 3.59. The van der Waals surface area contributed by atoms with Gasteiger partial charge in [-0.3, -0.25) is 0 Å². The van der Waals surface area contributed by atoms with Gasteiger partial charge in [-0.1, -0.05) is 15.9 Å². The van der Waals surface area contributed by atoms with Crippen molar-refractivity contribution < 1.29 is 19.0 Å². The highest BCUT2D eigenvalue weighted by Crippen LogP contribution is 2.19. The Kier molecular flexibility index (Phi) is 6.22. The average molecular weight is 348 g/mol. The second kappa shape index (κ2) is 7.93. The van der Waals surface area contributed by atoms with E-state index in [1.807, 2.05) is 0 Å². The Morgan fingerprint density at radius 3 is 3.15 bits per heavy atom. The predicted molar refractivity (Wildman–Crippen MR) is 78.4 cm³/mol. The second-order valence-electron chi connectivity index (χ2n) is 4.83. The van der Waals surface area contributed by atoms with Gasteiger partial charge in [0.15, 0.2) is 0 Å². The smallest absolute Gasteiger partial charge is 0.146 e. The zero-order valence-corrected chi connectivity index (χ0v) is 12.7. The van der Waals surface area contributed by atoms with Crippen molar-refractivity contribution >= 4 is 21.6 Å². The summed E-state index contributed by atoms with van der Waals surface area (Å²) in [4.78, 5) is 0. The number of aliphatic hydroxyl groups excluding tert-OH is 1. The van der Waals surface area contributed by atoms with Crippen molar-refractivity contribution in [3.63, 3.8) is 0 Å². The normalized spacial score (nSPS) is 20.1. The molecule has 1 aromatic carbocycles. The van der Waals surface area contributed by atoms with Crippen molar-refractivity contribution in [1.82, 2.24) is 0 Å². The number of aliphatic hydroxyl groups is 1. The zero-order chi connectivity index (χ0) is 14.4. The first-order chi connectivity index (χ1) is 9.65. The first kappa shape index (κ1) is 15.7. The van der Waals surface area contributed by atoms with Gasteiger partial charge in [0.25, 0.3) is 0 Å². The van der Waals surface area contributed by atoms with Crippen LogP contribution >= 0.6 is 15.9 Å². The van der Waals surface area contributed by atoms with E-state index >= 15 is 0 Å². The fourth-order valence-corrected chi connectivity index (χ4v) is 2.39. The Labute approximate surface area is 126 Å². The second-order valence-corrected chi connectivity index (χ2v) is 5.75. The Hall–Kier alpha value is -0.690. The summed E-state index contributed by atoms with van der Waals surface area (Å²) in [5.74, 6) is -0.347. The molecule has 0 aromatic heterocycles. The van der Waals surface area contributed by atoms with Gasteiger partial charge in [-0.2, -0.15) is 0 Å². The van der Waals surface area contributed by atoms with E-state index in [4.69, 9.17) is 9.47 Å². The van der Waals surface area contributed by atoms with Crippen molar-refractivity contribution in [2.45, 2.75) is 25.0 Å². The summed E-state index contributed by atoms with van der Waals surface area (Å²) in [6.07, 6.45) is 1.55. The third-order valence-electron chi connectivity index (χ3n) is 3.09. The minimum Gasteiger partial charge on any atom is -0.389 e. The molecule has 0 amide bonds. The quantitative estimate of drug-likeness (QED) is 0.795. The summed E-state index contributed by atoms with van der Waals surface area (Å²) >= 11 is 3.28. The number of rotatable bonds is 7. The Balaban J connectivity index is 1.66. The number of nitrogens with one attached hydrogen (secondary N) is 1. The molecule has 2 atom stereocenters. The van der Waals surface area contributed by atoms with Gasteiger partial charge in [0.1, 0.15) is 5.82 Å². The Morgan fingerprint density at radius 2 is 2.40 bits per heavy atom. The molecule has 1 aromatic rings. The molecule has 1 aliphatic heterocycles. The highest BCUT2D eigenvalue weighted by atomic mass is 79.9. The van der Waals surface area contributed by atoms with Crippen LogP contribution in [0.3, 0.4) is 0 Å². The van der Waals surface area contributed by atoms with Crippen LogP contribution in [0.15, 0.2) is 22.7 Å². The number of ether oxygens (including phenoxy) is 2. The van der Waals surface area contributed by atoms with Crippen LogP contribution < -0.4 is 5.32 Å². The van der Waals surface area contributed by atoms with Crippen LogP contribution in [0.2, 0.25) is 0 Å². The van der Waals surface area contributed by atoms with Crippen LogP contribution in [0.5, 0.6) is 0 Å². The number of hydrogen-bond acceptors (Lipinski definition) is 4. The number of benzene rings is 1. The summed E-state index contributed by atoms with van der Waals surface area (Å²) in [7, 11) is 0. The molecule has 1 saturated heterocycles. The first-order valence-electron chi connectivity index (χ1n) is 6.71. The lowest BCUT2D eigenvalue weighted by Gasteiger charge is -2.15. The minimum atomic E-state index is -0.685. The summed E-state index contributed by atoms with van der Waals surface area (Å²) < 4.78 is 25.1. The van der Waals surface area contributed by atoms with E-state index in [1.165, 1.54) is 6.07 Å². The zero-order valence-electron chi connectivity index (χ0n) is 11.1. The molecular formula is C14H19BrFNO3. The molecule has 0 bridgehead atoms. The predicted octanol–water partition coefficient (Wildman–Crippen LogP) is 2.56. The maximum Gasteiger partial charge on any atom is 0.146 e. The molecule has 2 unspecified atom stereocenters. The molecule has 1 aliphatic rings. The van der Waals surface area contributed by atoms with E-state index in [1.54, 1.807) is 12.1 Å². The van der Waals surface area contributed by atoms with Crippen molar-refractivity contribution in [1.29, 1.82) is 0 Å². The van der Waals surface area contributed by atoms with E-state index in [0.29, 0.717) is 12.3 Å². The standard InChI is InChI=1S/C14H19BrFNO3/c15-10-3-4-13(16)14(6-10)17-7-11(18)8-19-9-12-2-1-5-20-12/h3-4,6,11-12,17-18H,1-2,5,7-9H2. The van der Waals surface area contributed by atoms with E-state index in [0.717, 1.165) is 23.9 Å². The van der Waals surface area contributed by atoms with Crippen LogP contribution in [0, 0.1) is 5.82 Å². The van der Waals surface area contributed by atoms with Gasteiger partial charge < -0.3 is 19.9 Å². The van der Waals surface area contributed by atoms with Gasteiger partial charge >= 0.3 is 0 Å². The highest BCUT2D eigenvalue weighted by Gasteiger charge is 2.16. The van der Waals surface area contributed by atoms with E-state index in [9.17, 15) is 9.50 Å². The summed E-state index contributed by atoms with van der Waals surface area (Å²) in [5, 5.41) is 12.6. The van der Waals surface area contributed by atoms with Crippen molar-refractivity contribution in [2.24, 2.45) is 0 Å². The lowest BCUT2D eigenvalue weighted by atomic mass is 10.2. The van der Waals surface area contributed by atoms with Crippen molar-refractivity contribution in [3.8, 4) is 0 Å². The van der Waals surface area contributed by atoms with E-state index < -0.39 is 6.10 Å². The summed E-state index contributed by atoms with van der Waals surface area (Å²) in [6, 6.07) is 4.63. The number of halogens is 2. The maximum absolute atomic E-state index is 13.5. The fourth-order valence-electron chi connectivity index (χ4n) is 2.03. The first-order valence-corrected chi connectivity index (χ1v) is 7.51. The van der Waals surface area contributed by atoms with Gasteiger partial charge in [-0.05, 0) is 31.0 Å². The molecule has 2 rings (SSSR count).